The van der Waals surface area contributed by atoms with Gasteiger partial charge in [-0.15, -0.1) is 0 Å². The number of methoxy groups -OCH3 is 1. The molecule has 1 heterocycles. The number of thioether (sulfide) groups is 1. The molecular weight excluding hydrogens is 374 g/mol. The van der Waals surface area contributed by atoms with Crippen LogP contribution in [-0.2, 0) is 9.53 Å². The summed E-state index contributed by atoms with van der Waals surface area (Å²) in [5.41, 5.74) is 0.682. The molecule has 1 aliphatic carbocycles. The van der Waals surface area contributed by atoms with Crippen LogP contribution in [0.5, 0.6) is 0 Å². The van der Waals surface area contributed by atoms with Crippen molar-refractivity contribution < 1.29 is 9.53 Å². The fourth-order valence-corrected chi connectivity index (χ4v) is 4.79. The first kappa shape index (κ1) is 20.9. The van der Waals surface area contributed by atoms with E-state index < -0.39 is 0 Å². The summed E-state index contributed by atoms with van der Waals surface area (Å²) >= 11 is 1.34. The highest BCUT2D eigenvalue weighted by Crippen LogP contribution is 2.38. The third-order valence-corrected chi connectivity index (χ3v) is 6.68. The van der Waals surface area contributed by atoms with E-state index in [1.54, 1.807) is 7.11 Å². The number of hydrogen-bond acceptors (Lipinski definition) is 5. The molecule has 0 unspecified atom stereocenters. The normalized spacial score (nSPS) is 22.3. The van der Waals surface area contributed by atoms with Crippen molar-refractivity contribution >= 4 is 28.6 Å². The van der Waals surface area contributed by atoms with Crippen molar-refractivity contribution in [2.24, 2.45) is 11.8 Å². The van der Waals surface area contributed by atoms with E-state index in [-0.39, 0.29) is 23.3 Å². The lowest BCUT2D eigenvalue weighted by atomic mass is 9.78. The minimum absolute atomic E-state index is 0.00107. The maximum absolute atomic E-state index is 13.3. The maximum Gasteiger partial charge on any atom is 0.262 e. The van der Waals surface area contributed by atoms with Gasteiger partial charge in [-0.2, -0.15) is 0 Å². The predicted octanol–water partition coefficient (Wildman–Crippen LogP) is 3.25. The Morgan fingerprint density at radius 2 is 2.11 bits per heavy atom. The summed E-state index contributed by atoms with van der Waals surface area (Å²) < 4.78 is 6.82. The number of hydrogen-bond donors (Lipinski definition) is 1. The molecule has 3 rings (SSSR count). The summed E-state index contributed by atoms with van der Waals surface area (Å²) in [5, 5.41) is 4.10. The third-order valence-electron chi connectivity index (χ3n) is 5.73. The van der Waals surface area contributed by atoms with Crippen LogP contribution in [0.25, 0.3) is 10.9 Å². The molecular formula is C21H29N3O3S. The van der Waals surface area contributed by atoms with Crippen molar-refractivity contribution in [3.05, 3.63) is 34.6 Å². The smallest absolute Gasteiger partial charge is 0.262 e. The highest BCUT2D eigenvalue weighted by atomic mass is 32.2. The summed E-state index contributed by atoms with van der Waals surface area (Å²) in [6.07, 6.45) is 3.27. The number of rotatable bonds is 7. The zero-order valence-corrected chi connectivity index (χ0v) is 17.6. The summed E-state index contributed by atoms with van der Waals surface area (Å²) in [4.78, 5) is 30.3. The summed E-state index contributed by atoms with van der Waals surface area (Å²) in [5.74, 6) is 1.10. The maximum atomic E-state index is 13.3. The van der Waals surface area contributed by atoms with Gasteiger partial charge in [0.05, 0.1) is 23.3 Å². The summed E-state index contributed by atoms with van der Waals surface area (Å²) in [6, 6.07) is 7.57. The molecule has 6 nitrogen and oxygen atoms in total. The molecule has 0 spiro atoms. The molecule has 0 saturated heterocycles. The number of amides is 1. The second-order valence-corrected chi connectivity index (χ2v) is 8.50. The molecule has 1 aromatic carbocycles. The average Bonchev–Trinajstić information content (AvgIpc) is 2.69. The molecule has 1 saturated carbocycles. The zero-order chi connectivity index (χ0) is 20.1. The number of para-hydroxylation sites is 1. The van der Waals surface area contributed by atoms with Gasteiger partial charge in [0, 0.05) is 19.7 Å². The molecule has 1 N–H and O–H groups in total. The van der Waals surface area contributed by atoms with Gasteiger partial charge in [0.1, 0.15) is 0 Å². The van der Waals surface area contributed by atoms with E-state index in [2.05, 4.69) is 19.2 Å². The van der Waals surface area contributed by atoms with E-state index in [1.807, 2.05) is 28.8 Å². The Hall–Kier alpha value is -1.86. The van der Waals surface area contributed by atoms with Crippen LogP contribution in [0.4, 0.5) is 0 Å². The lowest BCUT2D eigenvalue weighted by Crippen LogP contribution is -2.35. The molecule has 1 fully saturated rings. The molecule has 28 heavy (non-hydrogen) atoms. The van der Waals surface area contributed by atoms with E-state index in [0.717, 1.165) is 12.8 Å². The van der Waals surface area contributed by atoms with Crippen molar-refractivity contribution in [3.8, 4) is 0 Å². The molecule has 0 aliphatic heterocycles. The third kappa shape index (κ3) is 4.58. The second-order valence-electron chi connectivity index (χ2n) is 7.55. The van der Waals surface area contributed by atoms with Gasteiger partial charge in [0.15, 0.2) is 5.16 Å². The molecule has 1 amide bonds. The van der Waals surface area contributed by atoms with Gasteiger partial charge in [-0.25, -0.2) is 4.98 Å². The highest BCUT2D eigenvalue weighted by Gasteiger charge is 2.31. The molecule has 2 aromatic rings. The fraction of sp³-hybridized carbons (Fsp3) is 0.571. The quantitative estimate of drug-likeness (QED) is 0.436. The van der Waals surface area contributed by atoms with Crippen LogP contribution in [0, 0.1) is 11.8 Å². The first-order valence-corrected chi connectivity index (χ1v) is 10.9. The van der Waals surface area contributed by atoms with E-state index in [1.165, 1.54) is 18.2 Å². The van der Waals surface area contributed by atoms with Crippen LogP contribution in [0.1, 0.15) is 39.2 Å². The van der Waals surface area contributed by atoms with Crippen LogP contribution >= 0.6 is 11.8 Å². The predicted molar refractivity (Wildman–Crippen MR) is 113 cm³/mol. The Bertz CT molecular complexity index is 883. The fourth-order valence-electron chi connectivity index (χ4n) is 3.91. The van der Waals surface area contributed by atoms with Gasteiger partial charge in [-0.3, -0.25) is 14.2 Å². The monoisotopic (exact) mass is 403 g/mol. The first-order chi connectivity index (χ1) is 13.5. The van der Waals surface area contributed by atoms with Crippen LogP contribution in [-0.4, -0.2) is 41.5 Å². The minimum Gasteiger partial charge on any atom is -0.383 e. The van der Waals surface area contributed by atoms with Crippen LogP contribution in [0.3, 0.4) is 0 Å². The van der Waals surface area contributed by atoms with Crippen LogP contribution in [0.2, 0.25) is 0 Å². The molecule has 152 valence electrons. The van der Waals surface area contributed by atoms with Crippen LogP contribution < -0.4 is 10.9 Å². The second kappa shape index (κ2) is 9.56. The number of nitrogens with zero attached hydrogens (tertiary/aromatic N) is 2. The minimum atomic E-state index is -0.0823. The standard InChI is InChI=1S/C21H29N3O3S/c1-14-7-6-10-18(15(14)2)24-20(26)16-8-4-5-9-17(16)23-21(24)28-13-19(25)22-11-12-27-3/h4-5,8-9,14-15,18H,6-7,10-13H2,1-3H3,(H,22,25)/t14-,15+,18+/m0/s1. The van der Waals surface area contributed by atoms with Gasteiger partial charge in [-0.05, 0) is 30.4 Å². The van der Waals surface area contributed by atoms with Crippen molar-refractivity contribution in [1.82, 2.24) is 14.9 Å². The molecule has 0 radical (unpaired) electrons. The Morgan fingerprint density at radius 3 is 2.89 bits per heavy atom. The molecule has 0 bridgehead atoms. The van der Waals surface area contributed by atoms with Crippen LogP contribution in [0.15, 0.2) is 34.2 Å². The highest BCUT2D eigenvalue weighted by molar-refractivity contribution is 7.99. The van der Waals surface area contributed by atoms with E-state index in [0.29, 0.717) is 41.0 Å². The lowest BCUT2D eigenvalue weighted by molar-refractivity contribution is -0.118. The molecule has 1 aromatic heterocycles. The number of nitrogens with one attached hydrogen (secondary N) is 1. The number of ether oxygens (including phenoxy) is 1. The topological polar surface area (TPSA) is 73.2 Å². The molecule has 1 aliphatic rings. The Morgan fingerprint density at radius 1 is 1.32 bits per heavy atom. The van der Waals surface area contributed by atoms with Crippen molar-refractivity contribution in [1.29, 1.82) is 0 Å². The molecule has 7 heteroatoms. The Balaban J connectivity index is 1.93. The van der Waals surface area contributed by atoms with Gasteiger partial charge in [0.25, 0.3) is 5.56 Å². The zero-order valence-electron chi connectivity index (χ0n) is 16.8. The Kier molecular flexibility index (Phi) is 7.13. The van der Waals surface area contributed by atoms with E-state index in [9.17, 15) is 9.59 Å². The lowest BCUT2D eigenvalue weighted by Gasteiger charge is -2.36. The van der Waals surface area contributed by atoms with Crippen molar-refractivity contribution in [2.45, 2.75) is 44.3 Å². The van der Waals surface area contributed by atoms with Gasteiger partial charge < -0.3 is 10.1 Å². The number of benzene rings is 1. The van der Waals surface area contributed by atoms with Gasteiger partial charge >= 0.3 is 0 Å². The van der Waals surface area contributed by atoms with Crippen molar-refractivity contribution in [3.63, 3.8) is 0 Å². The number of carbonyl (C=O) groups is 1. The largest absolute Gasteiger partial charge is 0.383 e. The summed E-state index contributed by atoms with van der Waals surface area (Å²) in [6.45, 7) is 5.44. The first-order valence-electron chi connectivity index (χ1n) is 9.92. The van der Waals surface area contributed by atoms with E-state index >= 15 is 0 Å². The SMILES string of the molecule is COCCNC(=O)CSc1nc2ccccc2c(=O)n1[C@@H]1CCC[C@H](C)[C@H]1C. The number of aromatic nitrogens is 2. The summed E-state index contributed by atoms with van der Waals surface area (Å²) in [7, 11) is 1.60. The number of carbonyl (C=O) groups excluding carboxylic acids is 1. The van der Waals surface area contributed by atoms with Crippen molar-refractivity contribution in [2.75, 3.05) is 26.0 Å². The average molecular weight is 404 g/mol. The van der Waals surface area contributed by atoms with E-state index in [4.69, 9.17) is 9.72 Å². The molecule has 3 atom stereocenters. The Labute approximate surface area is 170 Å². The number of fused-ring (bicyclic) bond motifs is 1. The van der Waals surface area contributed by atoms with Gasteiger partial charge in [0.2, 0.25) is 5.91 Å². The van der Waals surface area contributed by atoms with Gasteiger partial charge in [-0.1, -0.05) is 50.6 Å².